The van der Waals surface area contributed by atoms with Gasteiger partial charge in [-0.05, 0) is 34.5 Å². The van der Waals surface area contributed by atoms with Crippen LogP contribution in [-0.2, 0) is 6.54 Å². The molecule has 20 heavy (non-hydrogen) atoms. The molecule has 1 amide bonds. The van der Waals surface area contributed by atoms with Crippen molar-refractivity contribution in [2.75, 3.05) is 5.32 Å². The molecule has 2 aromatic heterocycles. The smallest absolute Gasteiger partial charge is 0.276 e. The van der Waals surface area contributed by atoms with Crippen LogP contribution in [0.4, 0.5) is 5.69 Å². The summed E-state index contributed by atoms with van der Waals surface area (Å²) in [4.78, 5) is 27.6. The first-order valence-corrected chi connectivity index (χ1v) is 6.90. The van der Waals surface area contributed by atoms with Gasteiger partial charge in [0.2, 0.25) is 0 Å². The van der Waals surface area contributed by atoms with Crippen molar-refractivity contribution in [2.24, 2.45) is 0 Å². The number of nitrogens with zero attached hydrogens (tertiary/aromatic N) is 3. The lowest BCUT2D eigenvalue weighted by Crippen LogP contribution is -2.26. The number of carbonyl (C=O) groups is 1. The van der Waals surface area contributed by atoms with Gasteiger partial charge in [-0.3, -0.25) is 14.6 Å². The van der Waals surface area contributed by atoms with Gasteiger partial charge >= 0.3 is 0 Å². The molecular weight excluding hydrogens is 324 g/mol. The van der Waals surface area contributed by atoms with Crippen LogP contribution in [0, 0.1) is 0 Å². The summed E-state index contributed by atoms with van der Waals surface area (Å²) in [6.07, 6.45) is 3.93. The molecule has 0 fully saturated rings. The van der Waals surface area contributed by atoms with Crippen molar-refractivity contribution in [3.8, 4) is 0 Å². The van der Waals surface area contributed by atoms with E-state index in [1.54, 1.807) is 18.5 Å². The molecule has 0 aliphatic heterocycles. The number of nitrogens with one attached hydrogen (secondary N) is 1. The van der Waals surface area contributed by atoms with Crippen molar-refractivity contribution in [3.05, 3.63) is 51.1 Å². The molecule has 7 heteroatoms. The second kappa shape index (κ2) is 6.42. The Labute approximate surface area is 124 Å². The summed E-state index contributed by atoms with van der Waals surface area (Å²) in [5, 5.41) is 6.76. The minimum Gasteiger partial charge on any atom is -0.319 e. The van der Waals surface area contributed by atoms with E-state index < -0.39 is 0 Å². The minimum absolute atomic E-state index is 0.196. The first-order valence-electron chi connectivity index (χ1n) is 6.11. The average molecular weight is 337 g/mol. The number of pyridine rings is 1. The van der Waals surface area contributed by atoms with Crippen molar-refractivity contribution >= 4 is 27.5 Å². The maximum atomic E-state index is 12.1. The third-order valence-corrected chi connectivity index (χ3v) is 3.19. The molecule has 0 saturated carbocycles. The normalized spacial score (nSPS) is 10.3. The van der Waals surface area contributed by atoms with Crippen LogP contribution in [-0.4, -0.2) is 20.7 Å². The molecule has 0 aliphatic rings. The Kier molecular flexibility index (Phi) is 4.62. The summed E-state index contributed by atoms with van der Waals surface area (Å²) in [6.45, 7) is 2.42. The van der Waals surface area contributed by atoms with Gasteiger partial charge < -0.3 is 5.32 Å². The van der Waals surface area contributed by atoms with Crippen LogP contribution in [0.5, 0.6) is 0 Å². The van der Waals surface area contributed by atoms with Crippen molar-refractivity contribution < 1.29 is 4.79 Å². The van der Waals surface area contributed by atoms with E-state index >= 15 is 0 Å². The SMILES string of the molecule is CCCn1nc(C(=O)Nc2ccncc2Br)ccc1=O. The van der Waals surface area contributed by atoms with Gasteiger partial charge in [-0.25, -0.2) is 4.68 Å². The minimum atomic E-state index is -0.373. The van der Waals surface area contributed by atoms with Gasteiger partial charge in [0.05, 0.1) is 10.2 Å². The fourth-order valence-corrected chi connectivity index (χ4v) is 1.95. The number of hydrogen-bond acceptors (Lipinski definition) is 4. The second-order valence-corrected chi connectivity index (χ2v) is 4.94. The highest BCUT2D eigenvalue weighted by Crippen LogP contribution is 2.20. The third-order valence-electron chi connectivity index (χ3n) is 2.56. The van der Waals surface area contributed by atoms with E-state index in [1.807, 2.05) is 6.92 Å². The van der Waals surface area contributed by atoms with E-state index in [9.17, 15) is 9.59 Å². The Hall–Kier alpha value is -2.02. The molecule has 0 spiro atoms. The molecular formula is C13H13BrN4O2. The van der Waals surface area contributed by atoms with Gasteiger partial charge in [0.25, 0.3) is 11.5 Å². The topological polar surface area (TPSA) is 76.9 Å². The molecule has 0 unspecified atom stereocenters. The van der Waals surface area contributed by atoms with E-state index in [2.05, 4.69) is 31.3 Å². The maximum Gasteiger partial charge on any atom is 0.276 e. The Bertz CT molecular complexity index is 684. The van der Waals surface area contributed by atoms with Crippen molar-refractivity contribution in [3.63, 3.8) is 0 Å². The number of hydrogen-bond donors (Lipinski definition) is 1. The highest BCUT2D eigenvalue weighted by Gasteiger charge is 2.11. The number of aromatic nitrogens is 3. The number of amides is 1. The Morgan fingerprint density at radius 3 is 2.90 bits per heavy atom. The van der Waals surface area contributed by atoms with E-state index in [1.165, 1.54) is 16.8 Å². The van der Waals surface area contributed by atoms with Crippen molar-refractivity contribution in [1.82, 2.24) is 14.8 Å². The Morgan fingerprint density at radius 2 is 2.20 bits per heavy atom. The lowest BCUT2D eigenvalue weighted by atomic mass is 10.3. The average Bonchev–Trinajstić information content (AvgIpc) is 2.44. The number of rotatable bonds is 4. The fraction of sp³-hybridized carbons (Fsp3) is 0.231. The lowest BCUT2D eigenvalue weighted by molar-refractivity contribution is 0.101. The van der Waals surface area contributed by atoms with Crippen LogP contribution in [0.3, 0.4) is 0 Å². The van der Waals surface area contributed by atoms with E-state index in [-0.39, 0.29) is 17.2 Å². The highest BCUT2D eigenvalue weighted by molar-refractivity contribution is 9.10. The molecule has 2 heterocycles. The Morgan fingerprint density at radius 1 is 1.40 bits per heavy atom. The van der Waals surface area contributed by atoms with Crippen LogP contribution >= 0.6 is 15.9 Å². The first-order chi connectivity index (χ1) is 9.61. The van der Waals surface area contributed by atoms with Crippen molar-refractivity contribution in [1.29, 1.82) is 0 Å². The highest BCUT2D eigenvalue weighted by atomic mass is 79.9. The molecule has 0 radical (unpaired) electrons. The summed E-state index contributed by atoms with van der Waals surface area (Å²) < 4.78 is 1.96. The fourth-order valence-electron chi connectivity index (χ4n) is 1.60. The Balaban J connectivity index is 2.24. The summed E-state index contributed by atoms with van der Waals surface area (Å²) in [6, 6.07) is 4.43. The summed E-state index contributed by atoms with van der Waals surface area (Å²) in [5.74, 6) is -0.373. The van der Waals surface area contributed by atoms with Gasteiger partial charge in [-0.2, -0.15) is 5.10 Å². The van der Waals surface area contributed by atoms with Gasteiger partial charge in [0, 0.05) is 25.0 Å². The third kappa shape index (κ3) is 3.30. The van der Waals surface area contributed by atoms with E-state index in [0.29, 0.717) is 16.7 Å². The molecule has 0 aliphatic carbocycles. The predicted molar refractivity (Wildman–Crippen MR) is 78.7 cm³/mol. The van der Waals surface area contributed by atoms with Gasteiger partial charge in [-0.15, -0.1) is 0 Å². The molecule has 0 saturated heterocycles. The summed E-state index contributed by atoms with van der Waals surface area (Å²) in [7, 11) is 0. The standard InChI is InChI=1S/C13H13BrN4O2/c1-2-7-18-12(19)4-3-11(17-18)13(20)16-10-5-6-15-8-9(10)14/h3-6,8H,2,7H2,1H3,(H,15,16,20). The number of anilines is 1. The zero-order chi connectivity index (χ0) is 14.5. The quantitative estimate of drug-likeness (QED) is 0.927. The number of aryl methyl sites for hydroxylation is 1. The molecule has 2 aromatic rings. The van der Waals surface area contributed by atoms with Crippen LogP contribution in [0.25, 0.3) is 0 Å². The molecule has 0 aromatic carbocycles. The van der Waals surface area contributed by atoms with E-state index in [4.69, 9.17) is 0 Å². The monoisotopic (exact) mass is 336 g/mol. The molecule has 2 rings (SSSR count). The first kappa shape index (κ1) is 14.4. The molecule has 104 valence electrons. The largest absolute Gasteiger partial charge is 0.319 e. The number of carbonyl (C=O) groups excluding carboxylic acids is 1. The van der Waals surface area contributed by atoms with Crippen LogP contribution < -0.4 is 10.9 Å². The molecule has 0 bridgehead atoms. The van der Waals surface area contributed by atoms with Crippen LogP contribution in [0.2, 0.25) is 0 Å². The van der Waals surface area contributed by atoms with Crippen LogP contribution in [0.15, 0.2) is 39.9 Å². The van der Waals surface area contributed by atoms with Gasteiger partial charge in [0.15, 0.2) is 0 Å². The van der Waals surface area contributed by atoms with Crippen molar-refractivity contribution in [2.45, 2.75) is 19.9 Å². The summed E-state index contributed by atoms with van der Waals surface area (Å²) >= 11 is 3.30. The lowest BCUT2D eigenvalue weighted by Gasteiger charge is -2.08. The predicted octanol–water partition coefficient (Wildman–Crippen LogP) is 2.06. The zero-order valence-corrected chi connectivity index (χ0v) is 12.4. The van der Waals surface area contributed by atoms with Gasteiger partial charge in [-0.1, -0.05) is 6.92 Å². The van der Waals surface area contributed by atoms with Gasteiger partial charge in [0.1, 0.15) is 5.69 Å². The second-order valence-electron chi connectivity index (χ2n) is 4.09. The molecule has 0 atom stereocenters. The zero-order valence-electron chi connectivity index (χ0n) is 10.8. The molecule has 6 nitrogen and oxygen atoms in total. The van der Waals surface area contributed by atoms with E-state index in [0.717, 1.165) is 6.42 Å². The maximum absolute atomic E-state index is 12.1. The molecule has 1 N–H and O–H groups in total. The number of halogens is 1. The summed E-state index contributed by atoms with van der Waals surface area (Å²) in [5.41, 5.74) is 0.579. The van der Waals surface area contributed by atoms with Crippen LogP contribution in [0.1, 0.15) is 23.8 Å².